The van der Waals surface area contributed by atoms with E-state index in [2.05, 4.69) is 37.1 Å². The van der Waals surface area contributed by atoms with Crippen LogP contribution in [0.4, 0.5) is 5.69 Å². The Bertz CT molecular complexity index is 422. The molecule has 0 heterocycles. The van der Waals surface area contributed by atoms with Gasteiger partial charge in [-0.3, -0.25) is 4.79 Å². The summed E-state index contributed by atoms with van der Waals surface area (Å²) < 4.78 is 0. The van der Waals surface area contributed by atoms with E-state index in [1.807, 2.05) is 6.07 Å². The molecule has 0 unspecified atom stereocenters. The molecule has 1 fully saturated rings. The van der Waals surface area contributed by atoms with Crippen molar-refractivity contribution < 1.29 is 9.90 Å². The van der Waals surface area contributed by atoms with Crippen molar-refractivity contribution in [1.82, 2.24) is 0 Å². The Hall–Kier alpha value is -1.51. The van der Waals surface area contributed by atoms with Crippen molar-refractivity contribution in [3.05, 3.63) is 29.8 Å². The lowest BCUT2D eigenvalue weighted by atomic mass is 9.85. The van der Waals surface area contributed by atoms with Crippen LogP contribution in [0.15, 0.2) is 24.3 Å². The summed E-state index contributed by atoms with van der Waals surface area (Å²) >= 11 is 0. The molecule has 1 saturated carbocycles. The molecule has 0 radical (unpaired) electrons. The first-order valence-electron chi connectivity index (χ1n) is 6.61. The van der Waals surface area contributed by atoms with Crippen LogP contribution in [-0.2, 0) is 4.79 Å². The first-order chi connectivity index (χ1) is 8.59. The molecule has 3 nitrogen and oxygen atoms in total. The molecule has 0 saturated heterocycles. The van der Waals surface area contributed by atoms with E-state index >= 15 is 0 Å². The minimum absolute atomic E-state index is 0.133. The second-order valence-corrected chi connectivity index (χ2v) is 5.24. The lowest BCUT2D eigenvalue weighted by molar-refractivity contribution is -0.142. The molecule has 98 valence electrons. The molecule has 2 rings (SSSR count). The van der Waals surface area contributed by atoms with E-state index in [1.165, 1.54) is 11.3 Å². The first kappa shape index (κ1) is 12.9. The van der Waals surface area contributed by atoms with Crippen LogP contribution in [0.2, 0.25) is 0 Å². The maximum atomic E-state index is 10.9. The Morgan fingerprint density at radius 1 is 1.22 bits per heavy atom. The third-order valence-electron chi connectivity index (χ3n) is 4.09. The summed E-state index contributed by atoms with van der Waals surface area (Å²) in [7, 11) is 2.12. The number of carboxylic acid groups (broad SMARTS) is 1. The summed E-state index contributed by atoms with van der Waals surface area (Å²) in [5, 5.41) is 9.01. The molecule has 1 aromatic rings. The van der Waals surface area contributed by atoms with E-state index in [-0.39, 0.29) is 5.92 Å². The van der Waals surface area contributed by atoms with Gasteiger partial charge in [0, 0.05) is 18.8 Å². The van der Waals surface area contributed by atoms with Gasteiger partial charge in [0.05, 0.1) is 5.92 Å². The van der Waals surface area contributed by atoms with Crippen molar-refractivity contribution >= 4 is 11.7 Å². The molecular weight excluding hydrogens is 226 g/mol. The summed E-state index contributed by atoms with van der Waals surface area (Å²) in [6.45, 7) is 2.12. The van der Waals surface area contributed by atoms with Gasteiger partial charge in [-0.25, -0.2) is 0 Å². The average molecular weight is 247 g/mol. The van der Waals surface area contributed by atoms with E-state index in [4.69, 9.17) is 5.11 Å². The highest BCUT2D eigenvalue weighted by molar-refractivity contribution is 5.70. The molecule has 1 aromatic carbocycles. The normalized spacial score (nSPS) is 23.7. The second-order valence-electron chi connectivity index (χ2n) is 5.24. The van der Waals surface area contributed by atoms with Gasteiger partial charge >= 0.3 is 5.97 Å². The lowest BCUT2D eigenvalue weighted by Gasteiger charge is -2.35. The highest BCUT2D eigenvalue weighted by Crippen LogP contribution is 2.30. The van der Waals surface area contributed by atoms with Crippen LogP contribution in [0.25, 0.3) is 0 Å². The minimum Gasteiger partial charge on any atom is -0.481 e. The number of carboxylic acids is 1. The van der Waals surface area contributed by atoms with Gasteiger partial charge in [-0.05, 0) is 44.2 Å². The van der Waals surface area contributed by atoms with Gasteiger partial charge in [-0.15, -0.1) is 0 Å². The first-order valence-corrected chi connectivity index (χ1v) is 6.61. The predicted octanol–water partition coefficient (Wildman–Crippen LogP) is 3.07. The maximum Gasteiger partial charge on any atom is 0.306 e. The molecule has 0 aliphatic heterocycles. The minimum atomic E-state index is -0.632. The summed E-state index contributed by atoms with van der Waals surface area (Å²) in [6, 6.07) is 8.84. The lowest BCUT2D eigenvalue weighted by Crippen LogP contribution is -2.36. The summed E-state index contributed by atoms with van der Waals surface area (Å²) in [5.41, 5.74) is 2.54. The zero-order valence-electron chi connectivity index (χ0n) is 11.1. The third kappa shape index (κ3) is 2.66. The van der Waals surface area contributed by atoms with Gasteiger partial charge in [0.2, 0.25) is 0 Å². The quantitative estimate of drug-likeness (QED) is 0.892. The number of hydrogen-bond donors (Lipinski definition) is 1. The monoisotopic (exact) mass is 247 g/mol. The number of aliphatic carboxylic acids is 1. The zero-order valence-corrected chi connectivity index (χ0v) is 11.1. The van der Waals surface area contributed by atoms with Crippen LogP contribution < -0.4 is 4.90 Å². The fourth-order valence-electron chi connectivity index (χ4n) is 2.87. The van der Waals surface area contributed by atoms with E-state index in [9.17, 15) is 4.79 Å². The molecule has 0 spiro atoms. The Balaban J connectivity index is 2.02. The van der Waals surface area contributed by atoms with E-state index in [0.717, 1.165) is 25.7 Å². The topological polar surface area (TPSA) is 40.5 Å². The largest absolute Gasteiger partial charge is 0.481 e. The van der Waals surface area contributed by atoms with Crippen molar-refractivity contribution in [2.45, 2.75) is 38.6 Å². The summed E-state index contributed by atoms with van der Waals surface area (Å²) in [6.07, 6.45) is 3.55. The Morgan fingerprint density at radius 3 is 2.39 bits per heavy atom. The number of carbonyl (C=O) groups is 1. The number of benzene rings is 1. The van der Waals surface area contributed by atoms with Gasteiger partial charge in [0.25, 0.3) is 0 Å². The van der Waals surface area contributed by atoms with Gasteiger partial charge in [0.1, 0.15) is 0 Å². The van der Waals surface area contributed by atoms with Crippen LogP contribution >= 0.6 is 0 Å². The van der Waals surface area contributed by atoms with E-state index in [0.29, 0.717) is 6.04 Å². The Labute approximate surface area is 108 Å². The number of nitrogens with zero attached hydrogens (tertiary/aromatic N) is 1. The molecule has 0 atom stereocenters. The standard InChI is InChI=1S/C15H21NO2/c1-11-5-3-4-6-14(11)16(2)13-9-7-12(8-10-13)15(17)18/h3-6,12-13H,7-10H2,1-2H3,(H,17,18). The highest BCUT2D eigenvalue weighted by Gasteiger charge is 2.28. The van der Waals surface area contributed by atoms with Crippen LogP contribution in [0, 0.1) is 12.8 Å². The third-order valence-corrected chi connectivity index (χ3v) is 4.09. The predicted molar refractivity (Wildman–Crippen MR) is 73.0 cm³/mol. The fraction of sp³-hybridized carbons (Fsp3) is 0.533. The molecule has 18 heavy (non-hydrogen) atoms. The molecule has 0 amide bonds. The van der Waals surface area contributed by atoms with Crippen molar-refractivity contribution in [3.8, 4) is 0 Å². The Morgan fingerprint density at radius 2 is 1.83 bits per heavy atom. The molecular formula is C15H21NO2. The molecule has 0 aromatic heterocycles. The van der Waals surface area contributed by atoms with Crippen LogP contribution in [0.1, 0.15) is 31.2 Å². The number of anilines is 1. The molecule has 1 aliphatic carbocycles. The Kier molecular flexibility index (Phi) is 3.90. The second kappa shape index (κ2) is 5.42. The number of hydrogen-bond acceptors (Lipinski definition) is 2. The number of aryl methyl sites for hydroxylation is 1. The van der Waals surface area contributed by atoms with Crippen LogP contribution in [-0.4, -0.2) is 24.2 Å². The van der Waals surface area contributed by atoms with Crippen molar-refractivity contribution in [3.63, 3.8) is 0 Å². The zero-order chi connectivity index (χ0) is 13.1. The molecule has 0 bridgehead atoms. The SMILES string of the molecule is Cc1ccccc1N(C)C1CCC(C(=O)O)CC1. The van der Waals surface area contributed by atoms with Gasteiger partial charge in [0.15, 0.2) is 0 Å². The molecule has 1 aliphatic rings. The average Bonchev–Trinajstić information content (AvgIpc) is 2.38. The van der Waals surface area contributed by atoms with Crippen molar-refractivity contribution in [2.24, 2.45) is 5.92 Å². The molecule has 1 N–H and O–H groups in total. The molecule has 3 heteroatoms. The maximum absolute atomic E-state index is 10.9. The smallest absolute Gasteiger partial charge is 0.306 e. The summed E-state index contributed by atoms with van der Waals surface area (Å²) in [5.74, 6) is -0.765. The fourth-order valence-corrected chi connectivity index (χ4v) is 2.87. The van der Waals surface area contributed by atoms with Crippen LogP contribution in [0.3, 0.4) is 0 Å². The van der Waals surface area contributed by atoms with Crippen molar-refractivity contribution in [1.29, 1.82) is 0 Å². The number of para-hydroxylation sites is 1. The van der Waals surface area contributed by atoms with E-state index in [1.54, 1.807) is 0 Å². The van der Waals surface area contributed by atoms with Gasteiger partial charge in [-0.2, -0.15) is 0 Å². The highest BCUT2D eigenvalue weighted by atomic mass is 16.4. The summed E-state index contributed by atoms with van der Waals surface area (Å²) in [4.78, 5) is 13.3. The van der Waals surface area contributed by atoms with Gasteiger partial charge in [-0.1, -0.05) is 18.2 Å². The van der Waals surface area contributed by atoms with E-state index < -0.39 is 5.97 Å². The van der Waals surface area contributed by atoms with Gasteiger partial charge < -0.3 is 10.0 Å². The number of rotatable bonds is 3. The van der Waals surface area contributed by atoms with Crippen molar-refractivity contribution in [2.75, 3.05) is 11.9 Å². The van der Waals surface area contributed by atoms with Crippen LogP contribution in [0.5, 0.6) is 0 Å².